The van der Waals surface area contributed by atoms with Crippen LogP contribution in [-0.2, 0) is 25.6 Å². The topological polar surface area (TPSA) is 147 Å². The number of anilines is 1. The van der Waals surface area contributed by atoms with Gasteiger partial charge in [0.05, 0.1) is 44.9 Å². The summed E-state index contributed by atoms with van der Waals surface area (Å²) in [6.07, 6.45) is 2.01. The molecule has 0 fully saturated rings. The first-order chi connectivity index (χ1) is 15.1. The number of nitrogens with zero attached hydrogens (tertiary/aromatic N) is 5. The zero-order chi connectivity index (χ0) is 24.0. The normalized spacial score (nSPS) is 11.4. The lowest BCUT2D eigenvalue weighted by Gasteiger charge is -2.30. The van der Waals surface area contributed by atoms with E-state index in [9.17, 15) is 19.7 Å². The third-order valence-corrected chi connectivity index (χ3v) is 4.88. The van der Waals surface area contributed by atoms with E-state index in [2.05, 4.69) is 19.7 Å². The minimum Gasteiger partial charge on any atom is -0.496 e. The lowest BCUT2D eigenvalue weighted by molar-refractivity contribution is -0.384. The molecule has 0 saturated heterocycles. The molecule has 2 aromatic heterocycles. The number of aromatic nitrogens is 3. The van der Waals surface area contributed by atoms with Gasteiger partial charge in [0.2, 0.25) is 11.1 Å². The molecule has 0 aliphatic carbocycles. The van der Waals surface area contributed by atoms with Gasteiger partial charge in [-0.05, 0) is 25.4 Å². The second kappa shape index (κ2) is 10.7. The van der Waals surface area contributed by atoms with Gasteiger partial charge in [-0.15, -0.1) is 0 Å². The van der Waals surface area contributed by atoms with E-state index in [1.165, 1.54) is 12.0 Å². The van der Waals surface area contributed by atoms with Crippen molar-refractivity contribution in [2.75, 3.05) is 26.2 Å². The van der Waals surface area contributed by atoms with Gasteiger partial charge in [0.25, 0.3) is 0 Å². The molecular formula is C19H22ClN5O7. The van der Waals surface area contributed by atoms with E-state index in [0.717, 1.165) is 26.0 Å². The van der Waals surface area contributed by atoms with Crippen molar-refractivity contribution in [2.24, 2.45) is 0 Å². The molecule has 0 bridgehead atoms. The second-order valence-corrected chi connectivity index (χ2v) is 6.94. The lowest BCUT2D eigenvalue weighted by Crippen LogP contribution is -2.44. The van der Waals surface area contributed by atoms with Crippen molar-refractivity contribution in [1.82, 2.24) is 15.0 Å². The summed E-state index contributed by atoms with van der Waals surface area (Å²) < 4.78 is 14.9. The van der Waals surface area contributed by atoms with E-state index in [4.69, 9.17) is 21.1 Å². The summed E-state index contributed by atoms with van der Waals surface area (Å²) in [7, 11) is 3.78. The molecule has 0 aliphatic rings. The Bertz CT molecular complexity index is 1030. The van der Waals surface area contributed by atoms with Gasteiger partial charge >= 0.3 is 17.6 Å². The number of methoxy groups -OCH3 is 3. The van der Waals surface area contributed by atoms with Crippen LogP contribution in [0.4, 0.5) is 11.5 Å². The summed E-state index contributed by atoms with van der Waals surface area (Å²) >= 11 is 5.90. The predicted octanol–water partition coefficient (Wildman–Crippen LogP) is 2.17. The van der Waals surface area contributed by atoms with Crippen molar-refractivity contribution in [3.05, 3.63) is 44.6 Å². The van der Waals surface area contributed by atoms with Gasteiger partial charge < -0.3 is 19.1 Å². The summed E-state index contributed by atoms with van der Waals surface area (Å²) in [5.41, 5.74) is 1.32. The number of carbonyl (C=O) groups is 2. The minimum atomic E-state index is -1.33. The molecule has 0 N–H and O–H groups in total. The molecule has 32 heavy (non-hydrogen) atoms. The Labute approximate surface area is 188 Å². The Morgan fingerprint density at radius 1 is 1.19 bits per heavy atom. The van der Waals surface area contributed by atoms with Gasteiger partial charge in [-0.3, -0.25) is 19.9 Å². The highest BCUT2D eigenvalue weighted by Crippen LogP contribution is 2.32. The second-order valence-electron chi connectivity index (χ2n) is 6.60. The van der Waals surface area contributed by atoms with Gasteiger partial charge in [-0.25, -0.2) is 9.78 Å². The van der Waals surface area contributed by atoms with Crippen LogP contribution in [0.1, 0.15) is 23.2 Å². The van der Waals surface area contributed by atoms with Crippen LogP contribution in [0.5, 0.6) is 5.75 Å². The molecule has 1 atom stereocenters. The van der Waals surface area contributed by atoms with Gasteiger partial charge in [0, 0.05) is 17.3 Å². The molecule has 0 unspecified atom stereocenters. The van der Waals surface area contributed by atoms with Crippen molar-refractivity contribution in [2.45, 2.75) is 32.9 Å². The van der Waals surface area contributed by atoms with E-state index in [-0.39, 0.29) is 17.6 Å². The molecule has 2 heterocycles. The molecule has 0 radical (unpaired) electrons. The highest BCUT2D eigenvalue weighted by Gasteiger charge is 2.36. The molecule has 12 nitrogen and oxygen atoms in total. The van der Waals surface area contributed by atoms with Crippen LogP contribution in [0.15, 0.2) is 12.4 Å². The maximum absolute atomic E-state index is 12.6. The third-order valence-electron chi connectivity index (χ3n) is 4.70. The summed E-state index contributed by atoms with van der Waals surface area (Å²) in [5, 5.41) is 11.4. The maximum Gasteiger partial charge on any atom is 0.329 e. The summed E-state index contributed by atoms with van der Waals surface area (Å²) in [6.45, 7) is 3.40. The Kier molecular flexibility index (Phi) is 8.24. The fraction of sp³-hybridized carbons (Fsp3) is 0.421. The Morgan fingerprint density at radius 3 is 2.44 bits per heavy atom. The Balaban J connectivity index is 2.72. The Morgan fingerprint density at radius 2 is 1.88 bits per heavy atom. The first-order valence-electron chi connectivity index (χ1n) is 9.21. The number of nitro groups is 1. The van der Waals surface area contributed by atoms with Crippen LogP contribution >= 0.6 is 11.6 Å². The van der Waals surface area contributed by atoms with E-state index in [0.29, 0.717) is 17.0 Å². The Hall–Kier alpha value is -3.54. The maximum atomic E-state index is 12.6. The first-order valence-corrected chi connectivity index (χ1v) is 9.59. The third kappa shape index (κ3) is 5.38. The average Bonchev–Trinajstić information content (AvgIpc) is 2.76. The minimum absolute atomic E-state index is 0.159. The summed E-state index contributed by atoms with van der Waals surface area (Å²) in [6, 6.07) is -1.33. The van der Waals surface area contributed by atoms with Crippen LogP contribution in [0.25, 0.3) is 0 Å². The zero-order valence-electron chi connectivity index (χ0n) is 18.1. The van der Waals surface area contributed by atoms with E-state index >= 15 is 0 Å². The molecule has 2 aromatic rings. The van der Waals surface area contributed by atoms with E-state index < -0.39 is 35.0 Å². The van der Waals surface area contributed by atoms with E-state index in [1.54, 1.807) is 13.1 Å². The predicted molar refractivity (Wildman–Crippen MR) is 113 cm³/mol. The number of rotatable bonds is 9. The molecular weight excluding hydrogens is 446 g/mol. The quantitative estimate of drug-likeness (QED) is 0.231. The highest BCUT2D eigenvalue weighted by molar-refractivity contribution is 6.28. The molecule has 2 rings (SSSR count). The number of hydrogen-bond donors (Lipinski definition) is 0. The number of carbonyl (C=O) groups excluding carboxylic acids is 2. The smallest absolute Gasteiger partial charge is 0.329 e. The number of halogens is 1. The summed E-state index contributed by atoms with van der Waals surface area (Å²) in [4.78, 5) is 48.8. The number of esters is 2. The van der Waals surface area contributed by atoms with Gasteiger partial charge in [-0.2, -0.15) is 4.98 Å². The van der Waals surface area contributed by atoms with Crippen LogP contribution in [0, 0.1) is 24.0 Å². The zero-order valence-corrected chi connectivity index (χ0v) is 18.9. The number of aryl methyl sites for hydroxylation is 1. The number of pyridine rings is 1. The van der Waals surface area contributed by atoms with Crippen LogP contribution in [-0.4, -0.2) is 59.2 Å². The number of hydrogen-bond acceptors (Lipinski definition) is 11. The first kappa shape index (κ1) is 24.7. The molecule has 172 valence electrons. The van der Waals surface area contributed by atoms with Crippen LogP contribution < -0.4 is 9.64 Å². The molecule has 0 saturated carbocycles. The molecule has 13 heteroatoms. The highest BCUT2D eigenvalue weighted by atomic mass is 35.5. The van der Waals surface area contributed by atoms with Crippen LogP contribution in [0.2, 0.25) is 5.28 Å². The fourth-order valence-corrected chi connectivity index (χ4v) is 3.24. The monoisotopic (exact) mass is 467 g/mol. The van der Waals surface area contributed by atoms with Crippen molar-refractivity contribution >= 4 is 35.0 Å². The molecule has 0 spiro atoms. The lowest BCUT2D eigenvalue weighted by atomic mass is 10.1. The van der Waals surface area contributed by atoms with Crippen molar-refractivity contribution in [3.63, 3.8) is 0 Å². The van der Waals surface area contributed by atoms with Gasteiger partial charge in [0.15, 0.2) is 0 Å². The SMILES string of the molecule is COC(=O)C[C@H](C(=O)OC)N(Cc1ncc(C)c(OC)c1C)c1nc(Cl)ncc1[N+](=O)[O-]. The van der Waals surface area contributed by atoms with Crippen molar-refractivity contribution in [1.29, 1.82) is 0 Å². The average molecular weight is 468 g/mol. The largest absolute Gasteiger partial charge is 0.496 e. The van der Waals surface area contributed by atoms with Crippen LogP contribution in [0.3, 0.4) is 0 Å². The van der Waals surface area contributed by atoms with Crippen molar-refractivity contribution < 1.29 is 28.7 Å². The standard InChI is InChI=1S/C19H22ClN5O7/c1-10-7-21-12(11(2)16(10)31-4)9-24(13(18(27)32-5)6-15(26)30-3)17-14(25(28)29)8-22-19(20)23-17/h7-8,13H,6,9H2,1-5H3/t13-/m1/s1. The van der Waals surface area contributed by atoms with Gasteiger partial charge in [-0.1, -0.05) is 0 Å². The summed E-state index contributed by atoms with van der Waals surface area (Å²) in [5.74, 6) is -1.29. The van der Waals surface area contributed by atoms with Gasteiger partial charge in [0.1, 0.15) is 18.0 Å². The fourth-order valence-electron chi connectivity index (χ4n) is 3.11. The van der Waals surface area contributed by atoms with Crippen molar-refractivity contribution in [3.8, 4) is 5.75 Å². The number of ether oxygens (including phenoxy) is 3. The molecule has 0 aliphatic heterocycles. The molecule has 0 amide bonds. The molecule has 0 aromatic carbocycles. The van der Waals surface area contributed by atoms with E-state index in [1.807, 2.05) is 6.92 Å².